The largest absolute Gasteiger partial charge is 0.411 e. The number of nitrogens with zero attached hydrogens (tertiary/aromatic N) is 3. The number of rotatable bonds is 15. The molecule has 2 rings (SSSR count). The Balaban J connectivity index is 1.95. The molecule has 1 saturated heterocycles. The van der Waals surface area contributed by atoms with Crippen LogP contribution in [0.3, 0.4) is 0 Å². The number of piperidine rings is 1. The van der Waals surface area contributed by atoms with Crippen molar-refractivity contribution in [3.8, 4) is 11.8 Å². The number of amides is 4. The van der Waals surface area contributed by atoms with Gasteiger partial charge in [0.1, 0.15) is 24.9 Å². The van der Waals surface area contributed by atoms with Gasteiger partial charge in [0, 0.05) is 44.6 Å². The zero-order valence-corrected chi connectivity index (χ0v) is 27.6. The van der Waals surface area contributed by atoms with E-state index in [1.165, 1.54) is 12.4 Å². The zero-order valence-electron chi connectivity index (χ0n) is 26.8. The minimum absolute atomic E-state index is 0.0631. The summed E-state index contributed by atoms with van der Waals surface area (Å²) in [6.07, 6.45) is 0.261. The molecule has 1 aromatic rings. The molecule has 0 aromatic carbocycles. The van der Waals surface area contributed by atoms with Crippen molar-refractivity contribution in [2.75, 3.05) is 45.8 Å². The fourth-order valence-electron chi connectivity index (χ4n) is 4.52. The molecule has 1 aliphatic rings. The van der Waals surface area contributed by atoms with E-state index in [4.69, 9.17) is 0 Å². The lowest BCUT2D eigenvalue weighted by Gasteiger charge is -2.41. The van der Waals surface area contributed by atoms with Crippen LogP contribution in [0.15, 0.2) is 17.6 Å². The van der Waals surface area contributed by atoms with Crippen molar-refractivity contribution in [3.05, 3.63) is 18.0 Å². The van der Waals surface area contributed by atoms with Crippen molar-refractivity contribution < 1.29 is 45.5 Å². The maximum Gasteiger partial charge on any atom is 0.411 e. The molecule has 1 aliphatic heterocycles. The monoisotopic (exact) mass is 689 g/mol. The molecule has 1 fully saturated rings. The lowest BCUT2D eigenvalue weighted by Crippen LogP contribution is -2.66. The summed E-state index contributed by atoms with van der Waals surface area (Å²) in [7, 11) is -3.52. The molecule has 0 radical (unpaired) electrons. The number of carbonyl (C=O) groups excluding carboxylic acids is 4. The summed E-state index contributed by atoms with van der Waals surface area (Å²) < 4.78 is 63.9. The van der Waals surface area contributed by atoms with Gasteiger partial charge in [-0.25, -0.2) is 18.4 Å². The number of likely N-dealkylation sites (tertiary alicyclic amines) is 1. The first-order valence-corrected chi connectivity index (χ1v) is 16.9. The summed E-state index contributed by atoms with van der Waals surface area (Å²) in [6, 6.07) is -0.970. The Morgan fingerprint density at radius 1 is 1.09 bits per heavy atom. The van der Waals surface area contributed by atoms with Gasteiger partial charge in [0.25, 0.3) is 0 Å². The highest BCUT2D eigenvalue weighted by Gasteiger charge is 2.44. The fraction of sp³-hybridized carbons (Fsp3) is 0.655. The molecular weight excluding hydrogens is 647 g/mol. The zero-order chi connectivity index (χ0) is 35.3. The van der Waals surface area contributed by atoms with Crippen LogP contribution in [0.1, 0.15) is 58.4 Å². The van der Waals surface area contributed by atoms with Gasteiger partial charge in [0.05, 0.1) is 12.1 Å². The summed E-state index contributed by atoms with van der Waals surface area (Å²) in [4.78, 5) is 61.3. The summed E-state index contributed by atoms with van der Waals surface area (Å²) >= 11 is 0. The van der Waals surface area contributed by atoms with Gasteiger partial charge in [0.15, 0.2) is 0 Å². The number of halogens is 3. The molecule has 0 unspecified atom stereocenters. The van der Waals surface area contributed by atoms with Gasteiger partial charge in [-0.2, -0.15) is 13.2 Å². The molecule has 47 heavy (non-hydrogen) atoms. The smallest absolute Gasteiger partial charge is 0.352 e. The van der Waals surface area contributed by atoms with Gasteiger partial charge in [-0.1, -0.05) is 32.6 Å². The average molecular weight is 690 g/mol. The molecule has 4 N–H and O–H groups in total. The number of ether oxygens (including phenoxy) is 1. The molecule has 4 amide bonds. The van der Waals surface area contributed by atoms with Gasteiger partial charge in [-0.15, -0.1) is 0 Å². The van der Waals surface area contributed by atoms with Crippen molar-refractivity contribution in [1.29, 1.82) is 0 Å². The van der Waals surface area contributed by atoms with E-state index in [1.54, 1.807) is 13.8 Å². The topological polar surface area (TPSA) is 189 Å². The SMILES string of the molecule is CCN1CCC(NC(=O)[C@@H](NC(=O)CCCC#Cc2cnc(S(C)(=O)=O)nc2)C(C)C)(C(=O)NCC(=O)NCOCC(F)(F)F)CC1. The van der Waals surface area contributed by atoms with Gasteiger partial charge < -0.3 is 30.9 Å². The van der Waals surface area contributed by atoms with Crippen LogP contribution in [-0.4, -0.2) is 110 Å². The minimum atomic E-state index is -4.55. The number of sulfone groups is 1. The number of nitrogens with one attached hydrogen (secondary N) is 4. The lowest BCUT2D eigenvalue weighted by atomic mass is 9.85. The maximum absolute atomic E-state index is 13.5. The normalized spacial score (nSPS) is 15.6. The van der Waals surface area contributed by atoms with Gasteiger partial charge in [0.2, 0.25) is 38.6 Å². The molecule has 0 bridgehead atoms. The standard InChI is InChI=1S/C29H42F3N7O7S/c1-5-39-13-11-28(12-14-39,26(43)33-17-23(41)36-19-46-18-29(30,31)32)38-25(42)24(20(2)3)37-22(40)10-8-6-7-9-21-15-34-27(35-16-21)47(4,44)45/h15-16,20,24H,5-6,8,10-14,17-19H2,1-4H3,(H,33,43)(H,36,41)(H,37,40)(H,38,42)/t24-/m0/s1. The van der Waals surface area contributed by atoms with Crippen molar-refractivity contribution in [2.24, 2.45) is 5.92 Å². The Labute approximate surface area is 272 Å². The highest BCUT2D eigenvalue weighted by molar-refractivity contribution is 7.90. The molecule has 1 aromatic heterocycles. The quantitative estimate of drug-likeness (QED) is 0.0862. The van der Waals surface area contributed by atoms with Crippen LogP contribution in [0.25, 0.3) is 0 Å². The highest BCUT2D eigenvalue weighted by Crippen LogP contribution is 2.24. The van der Waals surface area contributed by atoms with Crippen LogP contribution in [0, 0.1) is 17.8 Å². The molecule has 14 nitrogen and oxygen atoms in total. The predicted molar refractivity (Wildman–Crippen MR) is 163 cm³/mol. The lowest BCUT2D eigenvalue weighted by molar-refractivity contribution is -0.176. The van der Waals surface area contributed by atoms with Crippen molar-refractivity contribution in [1.82, 2.24) is 36.1 Å². The van der Waals surface area contributed by atoms with Crippen molar-refractivity contribution in [2.45, 2.75) is 75.8 Å². The number of hydrogen-bond acceptors (Lipinski definition) is 10. The Bertz CT molecular complexity index is 1400. The molecule has 1 atom stereocenters. The fourth-order valence-corrected chi connectivity index (χ4v) is 5.01. The molecular formula is C29H42F3N7O7S. The highest BCUT2D eigenvalue weighted by atomic mass is 32.2. The second-order valence-electron chi connectivity index (χ2n) is 11.4. The van der Waals surface area contributed by atoms with Crippen LogP contribution < -0.4 is 21.3 Å². The molecule has 0 saturated carbocycles. The molecule has 0 spiro atoms. The third kappa shape index (κ3) is 13.8. The summed E-state index contributed by atoms with van der Waals surface area (Å²) in [5.41, 5.74) is -0.969. The Morgan fingerprint density at radius 3 is 2.28 bits per heavy atom. The Hall–Kier alpha value is -3.82. The van der Waals surface area contributed by atoms with Crippen LogP contribution in [0.4, 0.5) is 13.2 Å². The number of carbonyl (C=O) groups is 4. The molecule has 262 valence electrons. The van der Waals surface area contributed by atoms with E-state index in [2.05, 4.69) is 52.7 Å². The van der Waals surface area contributed by atoms with E-state index < -0.39 is 71.1 Å². The first kappa shape index (κ1) is 39.4. The first-order valence-electron chi connectivity index (χ1n) is 15.0. The molecule has 0 aliphatic carbocycles. The van der Waals surface area contributed by atoms with E-state index in [0.717, 1.165) is 12.8 Å². The Morgan fingerprint density at radius 2 is 1.72 bits per heavy atom. The van der Waals surface area contributed by atoms with Crippen LogP contribution in [0.2, 0.25) is 0 Å². The number of alkyl halides is 3. The van der Waals surface area contributed by atoms with Crippen molar-refractivity contribution in [3.63, 3.8) is 0 Å². The molecule has 18 heteroatoms. The minimum Gasteiger partial charge on any atom is -0.352 e. The summed E-state index contributed by atoms with van der Waals surface area (Å²) in [5.74, 6) is 2.95. The number of hydrogen-bond donors (Lipinski definition) is 4. The number of unbranched alkanes of at least 4 members (excludes halogenated alkanes) is 1. The van der Waals surface area contributed by atoms with E-state index in [1.807, 2.05) is 6.92 Å². The third-order valence-corrected chi connectivity index (χ3v) is 8.04. The van der Waals surface area contributed by atoms with Crippen molar-refractivity contribution >= 4 is 33.5 Å². The van der Waals surface area contributed by atoms with Crippen LogP contribution >= 0.6 is 0 Å². The Kier molecular flexibility index (Phi) is 15.0. The maximum atomic E-state index is 13.5. The van der Waals surface area contributed by atoms with E-state index in [0.29, 0.717) is 31.5 Å². The van der Waals surface area contributed by atoms with Gasteiger partial charge >= 0.3 is 6.18 Å². The van der Waals surface area contributed by atoms with E-state index in [9.17, 15) is 40.8 Å². The summed E-state index contributed by atoms with van der Waals surface area (Å²) in [6.45, 7) is 4.35. The molecule has 2 heterocycles. The average Bonchev–Trinajstić information content (AvgIpc) is 3.00. The number of aromatic nitrogens is 2. The van der Waals surface area contributed by atoms with Gasteiger partial charge in [-0.3, -0.25) is 19.2 Å². The first-order chi connectivity index (χ1) is 22.0. The van der Waals surface area contributed by atoms with E-state index in [-0.39, 0.29) is 30.3 Å². The third-order valence-electron chi connectivity index (χ3n) is 7.16. The van der Waals surface area contributed by atoms with Crippen LogP contribution in [0.5, 0.6) is 0 Å². The summed E-state index contributed by atoms with van der Waals surface area (Å²) in [5, 5.41) is 9.82. The van der Waals surface area contributed by atoms with Crippen LogP contribution in [-0.2, 0) is 33.8 Å². The van der Waals surface area contributed by atoms with E-state index >= 15 is 0 Å². The predicted octanol–water partition coefficient (Wildman–Crippen LogP) is 0.282. The second kappa shape index (κ2) is 17.9. The van der Waals surface area contributed by atoms with Gasteiger partial charge in [-0.05, 0) is 31.7 Å². The second-order valence-corrected chi connectivity index (χ2v) is 13.3.